The minimum Gasteiger partial charge on any atom is -0.255 e. The zero-order valence-corrected chi connectivity index (χ0v) is 27.8. The molecular weight excluding hydrogens is 585 g/mol. The molecule has 236 valence electrons. The normalized spacial score (nSPS) is 15.2. The fourth-order valence-electron chi connectivity index (χ4n) is 6.54. The van der Waals surface area contributed by atoms with Crippen LogP contribution >= 0.6 is 0 Å². The molecule has 0 atom stereocenters. The SMILES string of the molecule is C=C(N=C(N=C(C)c1ccccc1)c1cccc(C2=CCC(CC)=Nc3c2ccc2cccnc32)c1)c1ccc(C2=CCCCC2)cc1. The lowest BCUT2D eigenvalue weighted by Crippen LogP contribution is -2.05. The Hall–Kier alpha value is -5.48. The van der Waals surface area contributed by atoms with Crippen molar-refractivity contribution in [2.75, 3.05) is 0 Å². The Balaban J connectivity index is 1.30. The fraction of sp³-hybridized carbons (Fsp3) is 0.182. The van der Waals surface area contributed by atoms with Crippen LogP contribution in [0.4, 0.5) is 5.69 Å². The monoisotopic (exact) mass is 624 g/mol. The highest BCUT2D eigenvalue weighted by atomic mass is 14.9. The van der Waals surface area contributed by atoms with Crippen molar-refractivity contribution >= 4 is 50.7 Å². The zero-order chi connectivity index (χ0) is 32.9. The maximum absolute atomic E-state index is 5.14. The highest BCUT2D eigenvalue weighted by Gasteiger charge is 2.19. The summed E-state index contributed by atoms with van der Waals surface area (Å²) in [5, 5.41) is 1.09. The molecule has 4 aromatic carbocycles. The van der Waals surface area contributed by atoms with E-state index in [0.717, 1.165) is 87.1 Å². The Morgan fingerprint density at radius 1 is 0.771 bits per heavy atom. The van der Waals surface area contributed by atoms with Crippen LogP contribution in [0.3, 0.4) is 0 Å². The predicted molar refractivity (Wildman–Crippen MR) is 204 cm³/mol. The number of fused-ring (bicyclic) bond motifs is 3. The van der Waals surface area contributed by atoms with Gasteiger partial charge in [0.25, 0.3) is 0 Å². The largest absolute Gasteiger partial charge is 0.255 e. The summed E-state index contributed by atoms with van der Waals surface area (Å²) in [4.78, 5) is 20.1. The van der Waals surface area contributed by atoms with Crippen molar-refractivity contribution in [3.63, 3.8) is 0 Å². The van der Waals surface area contributed by atoms with E-state index in [1.807, 2.05) is 37.4 Å². The first-order valence-corrected chi connectivity index (χ1v) is 17.0. The van der Waals surface area contributed by atoms with Crippen LogP contribution in [0.5, 0.6) is 0 Å². The molecule has 2 aliphatic rings. The van der Waals surface area contributed by atoms with Crippen molar-refractivity contribution in [2.24, 2.45) is 15.0 Å². The van der Waals surface area contributed by atoms with E-state index in [1.54, 1.807) is 0 Å². The summed E-state index contributed by atoms with van der Waals surface area (Å²) in [6.45, 7) is 8.61. The highest BCUT2D eigenvalue weighted by Crippen LogP contribution is 2.39. The van der Waals surface area contributed by atoms with Gasteiger partial charge in [-0.05, 0) is 84.6 Å². The Labute approximate surface area is 283 Å². The van der Waals surface area contributed by atoms with Gasteiger partial charge in [0.15, 0.2) is 5.84 Å². The van der Waals surface area contributed by atoms with E-state index in [1.165, 1.54) is 24.0 Å². The number of amidine groups is 1. The van der Waals surface area contributed by atoms with Gasteiger partial charge in [0.1, 0.15) is 0 Å². The third kappa shape index (κ3) is 6.65. The number of pyridine rings is 1. The van der Waals surface area contributed by atoms with Crippen LogP contribution in [0.15, 0.2) is 143 Å². The van der Waals surface area contributed by atoms with Gasteiger partial charge in [-0.1, -0.05) is 117 Å². The van der Waals surface area contributed by atoms with Gasteiger partial charge < -0.3 is 0 Å². The first-order valence-electron chi connectivity index (χ1n) is 17.0. The number of benzene rings is 4. The summed E-state index contributed by atoms with van der Waals surface area (Å²) < 4.78 is 0. The predicted octanol–water partition coefficient (Wildman–Crippen LogP) is 11.4. The van der Waals surface area contributed by atoms with Crippen molar-refractivity contribution in [3.05, 3.63) is 161 Å². The Morgan fingerprint density at radius 3 is 2.40 bits per heavy atom. The van der Waals surface area contributed by atoms with Crippen molar-refractivity contribution in [1.82, 2.24) is 4.98 Å². The van der Waals surface area contributed by atoms with Crippen molar-refractivity contribution in [1.29, 1.82) is 0 Å². The first kappa shape index (κ1) is 31.1. The van der Waals surface area contributed by atoms with Gasteiger partial charge in [-0.15, -0.1) is 0 Å². The molecule has 0 saturated carbocycles. The standard InChI is InChI=1S/C44H40N4/c1-4-39-25-27-40(41-26-24-36-19-12-28-45-42(36)43(41)48-39)37-17-11-18-38(29-37)44(46-30(2)32-13-7-5-8-14-32)47-31(3)33-20-22-35(23-21-33)34-15-9-6-10-16-34/h5,7-8,11-15,17-24,26-29H,3-4,6,9-10,16,25H2,1-2H3. The van der Waals surface area contributed by atoms with Crippen LogP contribution in [-0.4, -0.2) is 22.2 Å². The maximum Gasteiger partial charge on any atom is 0.160 e. The van der Waals surface area contributed by atoms with Crippen molar-refractivity contribution in [2.45, 2.75) is 52.4 Å². The Morgan fingerprint density at radius 2 is 1.60 bits per heavy atom. The van der Waals surface area contributed by atoms with Gasteiger partial charge in [0, 0.05) is 40.6 Å². The lowest BCUT2D eigenvalue weighted by molar-refractivity contribution is 0.742. The smallest absolute Gasteiger partial charge is 0.160 e. The van der Waals surface area contributed by atoms with Crippen LogP contribution in [-0.2, 0) is 0 Å². The molecule has 0 spiro atoms. The van der Waals surface area contributed by atoms with Crippen LogP contribution < -0.4 is 0 Å². The van der Waals surface area contributed by atoms with Crippen LogP contribution in [0.25, 0.3) is 27.7 Å². The van der Waals surface area contributed by atoms with E-state index in [9.17, 15) is 0 Å². The van der Waals surface area contributed by atoms with Crippen molar-refractivity contribution in [3.8, 4) is 0 Å². The molecule has 7 rings (SSSR count). The number of hydrogen-bond acceptors (Lipinski definition) is 3. The van der Waals surface area contributed by atoms with E-state index in [2.05, 4.69) is 105 Å². The Kier molecular flexibility index (Phi) is 9.15. The highest BCUT2D eigenvalue weighted by molar-refractivity contribution is 6.13. The van der Waals surface area contributed by atoms with Crippen LogP contribution in [0.1, 0.15) is 85.8 Å². The Bertz CT molecular complexity index is 2140. The lowest BCUT2D eigenvalue weighted by atomic mass is 9.93. The van der Waals surface area contributed by atoms with E-state index in [0.29, 0.717) is 11.5 Å². The van der Waals surface area contributed by atoms with E-state index >= 15 is 0 Å². The second-order valence-corrected chi connectivity index (χ2v) is 12.5. The number of aromatic nitrogens is 1. The number of rotatable bonds is 7. The average Bonchev–Trinajstić information content (AvgIpc) is 3.35. The molecule has 1 aliphatic heterocycles. The zero-order valence-electron chi connectivity index (χ0n) is 27.8. The molecule has 0 bridgehead atoms. The molecule has 1 aromatic heterocycles. The molecule has 0 radical (unpaired) electrons. The molecule has 0 amide bonds. The number of aliphatic imine (C=N–C) groups is 3. The van der Waals surface area contributed by atoms with Gasteiger partial charge >= 0.3 is 0 Å². The molecule has 5 aromatic rings. The average molecular weight is 625 g/mol. The first-order chi connectivity index (χ1) is 23.6. The molecule has 1 aliphatic carbocycles. The van der Waals surface area contributed by atoms with E-state index in [4.69, 9.17) is 20.0 Å². The van der Waals surface area contributed by atoms with Gasteiger partial charge in [-0.3, -0.25) is 9.98 Å². The molecule has 4 nitrogen and oxygen atoms in total. The summed E-state index contributed by atoms with van der Waals surface area (Å²) in [6, 6.07) is 35.9. The molecular formula is C44H40N4. The van der Waals surface area contributed by atoms with E-state index in [-0.39, 0.29) is 0 Å². The van der Waals surface area contributed by atoms with Gasteiger partial charge in [0.2, 0.25) is 0 Å². The quantitative estimate of drug-likeness (QED) is 0.131. The summed E-state index contributed by atoms with van der Waals surface area (Å²) in [7, 11) is 0. The minimum atomic E-state index is 0.627. The molecule has 0 N–H and O–H groups in total. The van der Waals surface area contributed by atoms with Gasteiger partial charge in [0.05, 0.1) is 16.9 Å². The summed E-state index contributed by atoms with van der Waals surface area (Å²) >= 11 is 0. The van der Waals surface area contributed by atoms with Crippen molar-refractivity contribution < 1.29 is 0 Å². The van der Waals surface area contributed by atoms with Gasteiger partial charge in [-0.25, -0.2) is 9.98 Å². The second-order valence-electron chi connectivity index (χ2n) is 12.5. The van der Waals surface area contributed by atoms with Crippen LogP contribution in [0.2, 0.25) is 0 Å². The molecule has 4 heteroatoms. The number of hydrogen-bond donors (Lipinski definition) is 0. The topological polar surface area (TPSA) is 50.0 Å². The fourth-order valence-corrected chi connectivity index (χ4v) is 6.54. The number of nitrogens with zero attached hydrogens (tertiary/aromatic N) is 4. The molecule has 0 saturated heterocycles. The molecule has 0 unspecified atom stereocenters. The third-order valence-electron chi connectivity index (χ3n) is 9.28. The molecule has 48 heavy (non-hydrogen) atoms. The second kappa shape index (κ2) is 14.1. The maximum atomic E-state index is 5.14. The van der Waals surface area contributed by atoms with E-state index < -0.39 is 0 Å². The number of allylic oxidation sites excluding steroid dienone is 3. The molecule has 2 heterocycles. The minimum absolute atomic E-state index is 0.627. The summed E-state index contributed by atoms with van der Waals surface area (Å²) in [6.07, 6.45) is 13.1. The molecule has 0 fully saturated rings. The lowest BCUT2D eigenvalue weighted by Gasteiger charge is -2.14. The third-order valence-corrected chi connectivity index (χ3v) is 9.28. The van der Waals surface area contributed by atoms with Gasteiger partial charge in [-0.2, -0.15) is 0 Å². The van der Waals surface area contributed by atoms with Crippen LogP contribution in [0, 0.1) is 0 Å². The summed E-state index contributed by atoms with van der Waals surface area (Å²) in [5.74, 6) is 0.627. The summed E-state index contributed by atoms with van der Waals surface area (Å²) in [5.41, 5.74) is 13.6.